The summed E-state index contributed by atoms with van der Waals surface area (Å²) in [6.07, 6.45) is 1.71. The number of hydrogen-bond acceptors (Lipinski definition) is 2. The van der Waals surface area contributed by atoms with Gasteiger partial charge in [-0.2, -0.15) is 0 Å². The molecule has 0 heterocycles. The Bertz CT molecular complexity index is 364. The highest BCUT2D eigenvalue weighted by Crippen LogP contribution is 2.10. The Kier molecular flexibility index (Phi) is 3.92. The molecule has 0 bridgehead atoms. The van der Waals surface area contributed by atoms with Crippen molar-refractivity contribution in [2.75, 3.05) is 0 Å². The maximum atomic E-state index is 5.77. The molecule has 0 aliphatic heterocycles. The van der Waals surface area contributed by atoms with Gasteiger partial charge in [-0.05, 0) is 24.1 Å². The molecule has 0 aliphatic rings. The quantitative estimate of drug-likeness (QED) is 0.584. The van der Waals surface area contributed by atoms with Gasteiger partial charge in [0.1, 0.15) is 5.84 Å². The highest BCUT2D eigenvalue weighted by atomic mass is 14.9. The number of rotatable bonds is 3. The second-order valence-electron chi connectivity index (χ2n) is 3.67. The molecule has 0 amide bonds. The van der Waals surface area contributed by atoms with Crippen LogP contribution in [-0.4, -0.2) is 5.84 Å². The maximum absolute atomic E-state index is 5.77. The van der Waals surface area contributed by atoms with Gasteiger partial charge in [0, 0.05) is 5.70 Å². The molecule has 0 unspecified atom stereocenters. The monoisotopic (exact) mass is 203 g/mol. The minimum Gasteiger partial charge on any atom is -0.402 e. The number of benzene rings is 1. The number of nitrogens with two attached hydrogens (primary N) is 2. The van der Waals surface area contributed by atoms with Crippen molar-refractivity contribution in [3.63, 3.8) is 0 Å². The maximum Gasteiger partial charge on any atom is 0.125 e. The second kappa shape index (κ2) is 5.20. The Labute approximate surface area is 90.5 Å². The van der Waals surface area contributed by atoms with Crippen molar-refractivity contribution >= 4 is 11.5 Å². The molecule has 1 aromatic rings. The molecule has 3 nitrogen and oxygen atoms in total. The minimum absolute atomic E-state index is 0.287. The Hall–Kier alpha value is -1.77. The molecule has 0 saturated heterocycles. The van der Waals surface area contributed by atoms with Crippen LogP contribution in [0.15, 0.2) is 47.1 Å². The van der Waals surface area contributed by atoms with Gasteiger partial charge in [-0.3, -0.25) is 0 Å². The highest BCUT2D eigenvalue weighted by Gasteiger charge is 1.97. The van der Waals surface area contributed by atoms with Gasteiger partial charge in [0.2, 0.25) is 0 Å². The molecule has 0 aromatic heterocycles. The zero-order chi connectivity index (χ0) is 11.3. The van der Waals surface area contributed by atoms with E-state index in [1.165, 1.54) is 0 Å². The van der Waals surface area contributed by atoms with E-state index in [9.17, 15) is 0 Å². The van der Waals surface area contributed by atoms with E-state index in [1.54, 1.807) is 6.08 Å². The molecule has 15 heavy (non-hydrogen) atoms. The van der Waals surface area contributed by atoms with E-state index in [2.05, 4.69) is 4.99 Å². The van der Waals surface area contributed by atoms with Gasteiger partial charge in [-0.25, -0.2) is 4.99 Å². The fourth-order valence-electron chi connectivity index (χ4n) is 1.02. The van der Waals surface area contributed by atoms with Gasteiger partial charge in [0.25, 0.3) is 0 Å². The van der Waals surface area contributed by atoms with Crippen molar-refractivity contribution < 1.29 is 0 Å². The number of allylic oxidation sites excluding steroid dienone is 1. The van der Waals surface area contributed by atoms with Crippen LogP contribution in [0.3, 0.4) is 0 Å². The van der Waals surface area contributed by atoms with Crippen LogP contribution < -0.4 is 11.5 Å². The van der Waals surface area contributed by atoms with E-state index in [4.69, 9.17) is 11.5 Å². The molecule has 80 valence electrons. The van der Waals surface area contributed by atoms with Crippen molar-refractivity contribution in [1.82, 2.24) is 0 Å². The molecule has 3 heteroatoms. The Balaban J connectivity index is 2.82. The largest absolute Gasteiger partial charge is 0.402 e. The molecule has 0 saturated carbocycles. The van der Waals surface area contributed by atoms with Gasteiger partial charge < -0.3 is 11.5 Å². The number of amidine groups is 1. The van der Waals surface area contributed by atoms with Crippen LogP contribution in [0.4, 0.5) is 5.69 Å². The molecule has 4 N–H and O–H groups in total. The first-order valence-corrected chi connectivity index (χ1v) is 4.96. The zero-order valence-corrected chi connectivity index (χ0v) is 9.14. The summed E-state index contributed by atoms with van der Waals surface area (Å²) >= 11 is 0. The molecule has 0 radical (unpaired) electrons. The molecule has 0 aliphatic carbocycles. The molecule has 1 rings (SSSR count). The lowest BCUT2D eigenvalue weighted by molar-refractivity contribution is 0.758. The lowest BCUT2D eigenvalue weighted by Gasteiger charge is -2.04. The third kappa shape index (κ3) is 3.85. The van der Waals surface area contributed by atoms with Crippen LogP contribution in [-0.2, 0) is 0 Å². The van der Waals surface area contributed by atoms with Crippen molar-refractivity contribution in [3.8, 4) is 0 Å². The summed E-state index contributed by atoms with van der Waals surface area (Å²) in [4.78, 5) is 4.22. The molecular weight excluding hydrogens is 186 g/mol. The van der Waals surface area contributed by atoms with Crippen LogP contribution in [0.25, 0.3) is 0 Å². The average molecular weight is 203 g/mol. The molecule has 0 atom stereocenters. The summed E-state index contributed by atoms with van der Waals surface area (Å²) < 4.78 is 0. The van der Waals surface area contributed by atoms with Gasteiger partial charge in [0.05, 0.1) is 5.69 Å². The third-order valence-corrected chi connectivity index (χ3v) is 2.00. The first kappa shape index (κ1) is 11.3. The van der Waals surface area contributed by atoms with Gasteiger partial charge in [-0.15, -0.1) is 0 Å². The average Bonchev–Trinajstić information content (AvgIpc) is 2.18. The Morgan fingerprint density at radius 1 is 1.20 bits per heavy atom. The fraction of sp³-hybridized carbons (Fsp3) is 0.250. The number of para-hydroxylation sites is 1. The van der Waals surface area contributed by atoms with Crippen molar-refractivity contribution in [2.24, 2.45) is 22.4 Å². The molecule has 0 spiro atoms. The number of aliphatic imine (C=N–C) groups is 1. The summed E-state index contributed by atoms with van der Waals surface area (Å²) in [6.45, 7) is 4.03. The van der Waals surface area contributed by atoms with Gasteiger partial charge in [-0.1, -0.05) is 32.0 Å². The van der Waals surface area contributed by atoms with E-state index < -0.39 is 0 Å². The standard InChI is InChI=1S/C12H17N3/c1-9(2)11(13)8-12(14)15-10-6-4-3-5-7-10/h3-9H,13H2,1-2H3,(H2,14,15). The number of nitrogens with zero attached hydrogens (tertiary/aromatic N) is 1. The third-order valence-electron chi connectivity index (χ3n) is 2.00. The molecular formula is C12H17N3. The SMILES string of the molecule is CC(C)C(N)=CC(N)=Nc1ccccc1. The summed E-state index contributed by atoms with van der Waals surface area (Å²) in [7, 11) is 0. The Morgan fingerprint density at radius 2 is 1.80 bits per heavy atom. The second-order valence-corrected chi connectivity index (χ2v) is 3.67. The first-order chi connectivity index (χ1) is 7.09. The smallest absolute Gasteiger partial charge is 0.125 e. The van der Waals surface area contributed by atoms with E-state index in [0.29, 0.717) is 5.84 Å². The van der Waals surface area contributed by atoms with E-state index in [-0.39, 0.29) is 5.92 Å². The summed E-state index contributed by atoms with van der Waals surface area (Å²) in [5.74, 6) is 0.724. The van der Waals surface area contributed by atoms with Crippen LogP contribution in [0, 0.1) is 5.92 Å². The predicted molar refractivity (Wildman–Crippen MR) is 64.8 cm³/mol. The first-order valence-electron chi connectivity index (χ1n) is 4.96. The topological polar surface area (TPSA) is 64.4 Å². The lowest BCUT2D eigenvalue weighted by atomic mass is 10.1. The van der Waals surface area contributed by atoms with E-state index >= 15 is 0 Å². The van der Waals surface area contributed by atoms with Crippen LogP contribution >= 0.6 is 0 Å². The minimum atomic E-state index is 0.287. The van der Waals surface area contributed by atoms with Crippen molar-refractivity contribution in [1.29, 1.82) is 0 Å². The molecule has 0 fully saturated rings. The van der Waals surface area contributed by atoms with Crippen molar-refractivity contribution in [2.45, 2.75) is 13.8 Å². The molecule has 1 aromatic carbocycles. The number of hydrogen-bond donors (Lipinski definition) is 2. The van der Waals surface area contributed by atoms with Crippen LogP contribution in [0.1, 0.15) is 13.8 Å². The Morgan fingerprint density at radius 3 is 2.33 bits per heavy atom. The summed E-state index contributed by atoms with van der Waals surface area (Å²) in [5, 5.41) is 0. The van der Waals surface area contributed by atoms with Crippen LogP contribution in [0.5, 0.6) is 0 Å². The van der Waals surface area contributed by atoms with Gasteiger partial charge in [0.15, 0.2) is 0 Å². The fourth-order valence-corrected chi connectivity index (χ4v) is 1.02. The lowest BCUT2D eigenvalue weighted by Crippen LogP contribution is -2.14. The normalized spacial score (nSPS) is 13.3. The van der Waals surface area contributed by atoms with E-state index in [0.717, 1.165) is 11.4 Å². The van der Waals surface area contributed by atoms with Crippen molar-refractivity contribution in [3.05, 3.63) is 42.1 Å². The summed E-state index contributed by atoms with van der Waals surface area (Å²) in [6, 6.07) is 9.56. The zero-order valence-electron chi connectivity index (χ0n) is 9.14. The van der Waals surface area contributed by atoms with Crippen LogP contribution in [0.2, 0.25) is 0 Å². The predicted octanol–water partition coefficient (Wildman–Crippen LogP) is 2.17. The highest BCUT2D eigenvalue weighted by molar-refractivity contribution is 5.93. The summed E-state index contributed by atoms with van der Waals surface area (Å²) in [5.41, 5.74) is 13.1. The van der Waals surface area contributed by atoms with E-state index in [1.807, 2.05) is 44.2 Å². The van der Waals surface area contributed by atoms with Gasteiger partial charge >= 0.3 is 0 Å².